The van der Waals surface area contributed by atoms with Crippen molar-refractivity contribution in [3.05, 3.63) is 23.8 Å². The Labute approximate surface area is 123 Å². The maximum Gasteiger partial charge on any atom is 0.165 e. The molecule has 1 aromatic heterocycles. The maximum absolute atomic E-state index is 5.61. The normalized spacial score (nSPS) is 16.7. The van der Waals surface area contributed by atoms with Gasteiger partial charge in [-0.1, -0.05) is 31.4 Å². The smallest absolute Gasteiger partial charge is 0.165 e. The number of para-hydroxylation sites is 1. The molecule has 0 bridgehead atoms. The summed E-state index contributed by atoms with van der Waals surface area (Å²) in [5.74, 6) is 0.713. The number of benzene rings is 1. The molecule has 1 aliphatic rings. The Morgan fingerprint density at radius 1 is 1.22 bits per heavy atom. The second-order valence-electron chi connectivity index (χ2n) is 4.63. The first-order valence-electron chi connectivity index (χ1n) is 6.14. The van der Waals surface area contributed by atoms with E-state index in [9.17, 15) is 0 Å². The maximum atomic E-state index is 5.61. The quantitative estimate of drug-likeness (QED) is 0.834. The van der Waals surface area contributed by atoms with Gasteiger partial charge < -0.3 is 0 Å². The van der Waals surface area contributed by atoms with Gasteiger partial charge in [-0.25, -0.2) is 4.98 Å². The van der Waals surface area contributed by atoms with Crippen LogP contribution in [-0.4, -0.2) is 4.98 Å². The fourth-order valence-corrected chi connectivity index (χ4v) is 4.08. The molecule has 5 heteroatoms. The highest BCUT2D eigenvalue weighted by molar-refractivity contribution is 7.99. The molecule has 2 nitrogen and oxygen atoms in total. The van der Waals surface area contributed by atoms with Crippen LogP contribution in [0.1, 0.15) is 43.6 Å². The molecule has 0 radical (unpaired) electrons. The number of hydrogen-bond donors (Lipinski definition) is 1. The summed E-state index contributed by atoms with van der Waals surface area (Å²) in [4.78, 5) is 4.66. The lowest BCUT2D eigenvalue weighted by atomic mass is 9.84. The summed E-state index contributed by atoms with van der Waals surface area (Å²) in [7, 11) is 0. The van der Waals surface area contributed by atoms with Gasteiger partial charge in [-0.3, -0.25) is 5.14 Å². The summed E-state index contributed by atoms with van der Waals surface area (Å²) >= 11 is 2.96. The van der Waals surface area contributed by atoms with Crippen LogP contribution in [0, 0.1) is 0 Å². The number of thiazole rings is 1. The molecule has 1 heterocycles. The highest BCUT2D eigenvalue weighted by Crippen LogP contribution is 2.38. The van der Waals surface area contributed by atoms with Gasteiger partial charge in [0, 0.05) is 0 Å². The molecule has 1 saturated carbocycles. The topological polar surface area (TPSA) is 38.9 Å². The van der Waals surface area contributed by atoms with Gasteiger partial charge in [0.25, 0.3) is 0 Å². The van der Waals surface area contributed by atoms with Crippen LogP contribution in [0.2, 0.25) is 0 Å². The molecule has 0 amide bonds. The van der Waals surface area contributed by atoms with Crippen LogP contribution < -0.4 is 5.14 Å². The number of aromatic nitrogens is 1. The van der Waals surface area contributed by atoms with Crippen LogP contribution in [0.15, 0.2) is 22.5 Å². The Kier molecular flexibility index (Phi) is 4.95. The SMILES string of the molecule is NSc1nc2c(C3CCCCC3)cccc2s1.S. The molecule has 0 aliphatic heterocycles. The third-order valence-corrected chi connectivity index (χ3v) is 5.22. The minimum atomic E-state index is 0. The van der Waals surface area contributed by atoms with Crippen molar-refractivity contribution >= 4 is 47.0 Å². The minimum absolute atomic E-state index is 0. The minimum Gasteiger partial charge on any atom is -0.272 e. The Bertz CT molecular complexity index is 518. The molecule has 98 valence electrons. The molecule has 2 N–H and O–H groups in total. The number of nitrogens with two attached hydrogens (primary N) is 1. The molecular formula is C13H18N2S3. The highest BCUT2D eigenvalue weighted by atomic mass is 32.2. The molecule has 3 rings (SSSR count). The Morgan fingerprint density at radius 3 is 2.72 bits per heavy atom. The molecule has 0 spiro atoms. The lowest BCUT2D eigenvalue weighted by Crippen LogP contribution is -2.04. The van der Waals surface area contributed by atoms with E-state index in [4.69, 9.17) is 5.14 Å². The standard InChI is InChI=1S/C13H16N2S2.H2S/c14-17-13-15-12-10(7-4-8-11(12)16-13)9-5-2-1-3-6-9;/h4,7-9H,1-3,5-6,14H2;1H2. The van der Waals surface area contributed by atoms with Crippen molar-refractivity contribution in [2.75, 3.05) is 0 Å². The van der Waals surface area contributed by atoms with E-state index in [0.29, 0.717) is 5.92 Å². The summed E-state index contributed by atoms with van der Waals surface area (Å²) in [6.07, 6.45) is 6.77. The van der Waals surface area contributed by atoms with Gasteiger partial charge in [0.15, 0.2) is 4.34 Å². The van der Waals surface area contributed by atoms with E-state index in [1.54, 1.807) is 11.3 Å². The van der Waals surface area contributed by atoms with Crippen molar-refractivity contribution in [3.63, 3.8) is 0 Å². The van der Waals surface area contributed by atoms with Crippen molar-refractivity contribution in [1.82, 2.24) is 4.98 Å². The predicted octanol–water partition coefficient (Wildman–Crippen LogP) is 4.42. The number of hydrogen-bond acceptors (Lipinski definition) is 4. The van der Waals surface area contributed by atoms with Crippen molar-refractivity contribution < 1.29 is 0 Å². The van der Waals surface area contributed by atoms with Crippen molar-refractivity contribution in [2.45, 2.75) is 42.4 Å². The fourth-order valence-electron chi connectivity index (χ4n) is 2.74. The van der Waals surface area contributed by atoms with Gasteiger partial charge >= 0.3 is 0 Å². The Hall–Kier alpha value is -0.230. The van der Waals surface area contributed by atoms with E-state index >= 15 is 0 Å². The van der Waals surface area contributed by atoms with E-state index in [0.717, 1.165) is 4.34 Å². The first kappa shape index (κ1) is 14.2. The molecule has 2 aromatic rings. The van der Waals surface area contributed by atoms with E-state index in [-0.39, 0.29) is 13.5 Å². The van der Waals surface area contributed by atoms with E-state index in [2.05, 4.69) is 23.2 Å². The zero-order valence-electron chi connectivity index (χ0n) is 10.2. The van der Waals surface area contributed by atoms with Crippen LogP contribution in [0.25, 0.3) is 10.2 Å². The molecule has 1 aromatic carbocycles. The molecule has 1 aliphatic carbocycles. The lowest BCUT2D eigenvalue weighted by molar-refractivity contribution is 0.445. The number of fused-ring (bicyclic) bond motifs is 1. The summed E-state index contributed by atoms with van der Waals surface area (Å²) in [5, 5.41) is 5.61. The first-order valence-corrected chi connectivity index (χ1v) is 7.84. The van der Waals surface area contributed by atoms with Crippen molar-refractivity contribution in [3.8, 4) is 0 Å². The summed E-state index contributed by atoms with van der Waals surface area (Å²) in [6, 6.07) is 6.57. The summed E-state index contributed by atoms with van der Waals surface area (Å²) in [5.41, 5.74) is 2.64. The van der Waals surface area contributed by atoms with Crippen molar-refractivity contribution in [1.29, 1.82) is 0 Å². The van der Waals surface area contributed by atoms with Crippen LogP contribution in [0.5, 0.6) is 0 Å². The Morgan fingerprint density at radius 2 is 2.00 bits per heavy atom. The molecule has 0 atom stereocenters. The molecule has 0 unspecified atom stereocenters. The largest absolute Gasteiger partial charge is 0.272 e. The zero-order valence-corrected chi connectivity index (χ0v) is 12.8. The zero-order chi connectivity index (χ0) is 11.7. The van der Waals surface area contributed by atoms with Gasteiger partial charge in [0.05, 0.1) is 10.2 Å². The predicted molar refractivity (Wildman–Crippen MR) is 85.9 cm³/mol. The van der Waals surface area contributed by atoms with Crippen LogP contribution in [0.3, 0.4) is 0 Å². The van der Waals surface area contributed by atoms with Crippen LogP contribution >= 0.6 is 36.8 Å². The third kappa shape index (κ3) is 2.69. The summed E-state index contributed by atoms with van der Waals surface area (Å²) in [6.45, 7) is 0. The molecule has 0 saturated heterocycles. The average Bonchev–Trinajstić information content (AvgIpc) is 2.82. The average molecular weight is 299 g/mol. The van der Waals surface area contributed by atoms with Gasteiger partial charge in [0.1, 0.15) is 0 Å². The van der Waals surface area contributed by atoms with Crippen LogP contribution in [0.4, 0.5) is 0 Å². The molecule has 1 fully saturated rings. The monoisotopic (exact) mass is 298 g/mol. The second kappa shape index (κ2) is 6.28. The molecule has 18 heavy (non-hydrogen) atoms. The lowest BCUT2D eigenvalue weighted by Gasteiger charge is -2.22. The van der Waals surface area contributed by atoms with Gasteiger partial charge in [-0.05, 0) is 42.3 Å². The van der Waals surface area contributed by atoms with Crippen LogP contribution in [-0.2, 0) is 0 Å². The first-order chi connectivity index (χ1) is 8.38. The third-order valence-electron chi connectivity index (χ3n) is 3.58. The Balaban J connectivity index is 0.00000120. The van der Waals surface area contributed by atoms with Crippen molar-refractivity contribution in [2.24, 2.45) is 5.14 Å². The number of nitrogens with zero attached hydrogens (tertiary/aromatic N) is 1. The molecular weight excluding hydrogens is 280 g/mol. The van der Waals surface area contributed by atoms with E-state index in [1.165, 1.54) is 59.8 Å². The fraction of sp³-hybridized carbons (Fsp3) is 0.462. The van der Waals surface area contributed by atoms with Gasteiger partial charge in [-0.15, -0.1) is 11.3 Å². The van der Waals surface area contributed by atoms with E-state index < -0.39 is 0 Å². The summed E-state index contributed by atoms with van der Waals surface area (Å²) < 4.78 is 2.25. The number of rotatable bonds is 2. The van der Waals surface area contributed by atoms with E-state index in [1.807, 2.05) is 0 Å². The van der Waals surface area contributed by atoms with Gasteiger partial charge in [0.2, 0.25) is 0 Å². The van der Waals surface area contributed by atoms with Gasteiger partial charge in [-0.2, -0.15) is 13.5 Å². The second-order valence-corrected chi connectivity index (χ2v) is 6.54. The highest BCUT2D eigenvalue weighted by Gasteiger charge is 2.19.